The van der Waals surface area contributed by atoms with Crippen molar-refractivity contribution in [3.05, 3.63) is 35.9 Å². The van der Waals surface area contributed by atoms with Crippen molar-refractivity contribution in [3.8, 4) is 0 Å². The van der Waals surface area contributed by atoms with E-state index in [1.54, 1.807) is 53.6 Å². The molecule has 18 heteroatoms. The van der Waals surface area contributed by atoms with Crippen LogP contribution in [0.1, 0.15) is 112 Å². The molecule has 0 aliphatic carbocycles. The summed E-state index contributed by atoms with van der Waals surface area (Å²) in [4.78, 5) is 68.0. The van der Waals surface area contributed by atoms with Gasteiger partial charge in [0.15, 0.2) is 24.3 Å². The zero-order chi connectivity index (χ0) is 50.1. The number of ether oxygens (including phenoxy) is 8. The van der Waals surface area contributed by atoms with Crippen LogP contribution in [0.4, 0.5) is 0 Å². The fourth-order valence-electron chi connectivity index (χ4n) is 9.88. The number of likely N-dealkylation sites (N-methyl/N-ethyl adjacent to an activating group) is 1. The minimum atomic E-state index is -1.41. The maximum atomic E-state index is 13.7. The lowest BCUT2D eigenvalue weighted by Crippen LogP contribution is -2.66. The molecule has 18 nitrogen and oxygen atoms in total. The largest absolute Gasteiger partial charge is 0.459 e. The van der Waals surface area contributed by atoms with Crippen LogP contribution in [-0.2, 0) is 68.3 Å². The van der Waals surface area contributed by atoms with Gasteiger partial charge in [-0.15, -0.1) is 0 Å². The van der Waals surface area contributed by atoms with E-state index in [1.165, 1.54) is 19.6 Å². The van der Waals surface area contributed by atoms with E-state index in [9.17, 15) is 34.2 Å². The lowest BCUT2D eigenvalue weighted by molar-refractivity contribution is -0.344. The Bertz CT molecular complexity index is 1720. The van der Waals surface area contributed by atoms with Crippen molar-refractivity contribution in [3.63, 3.8) is 0 Å². The number of methoxy groups -OCH3 is 1. The van der Waals surface area contributed by atoms with Crippen LogP contribution >= 0.6 is 0 Å². The number of aryl methyl sites for hydroxylation is 1. The van der Waals surface area contributed by atoms with Gasteiger partial charge in [0.1, 0.15) is 30.7 Å². The third kappa shape index (κ3) is 16.5. The van der Waals surface area contributed by atoms with Crippen LogP contribution in [0.5, 0.6) is 0 Å². The zero-order valence-electron chi connectivity index (χ0n) is 42.0. The Morgan fingerprint density at radius 3 is 2.28 bits per heavy atom. The lowest BCUT2D eigenvalue weighted by Gasteiger charge is -2.50. The zero-order valence-corrected chi connectivity index (χ0v) is 42.0. The molecule has 1 amide bonds. The molecule has 1 aromatic carbocycles. The molecule has 3 heterocycles. The molecular formula is C50H81N3O15. The number of rotatable bonds is 18. The Balaban J connectivity index is 1.64. The van der Waals surface area contributed by atoms with E-state index in [-0.39, 0.29) is 50.4 Å². The first-order valence-corrected chi connectivity index (χ1v) is 24.6. The van der Waals surface area contributed by atoms with Crippen molar-refractivity contribution in [2.45, 2.75) is 192 Å². The number of aliphatic hydroxyl groups excluding tert-OH is 2. The van der Waals surface area contributed by atoms with E-state index in [2.05, 4.69) is 22.3 Å². The molecule has 3 N–H and O–H groups in total. The third-order valence-corrected chi connectivity index (χ3v) is 13.4. The second kappa shape index (κ2) is 27.7. The van der Waals surface area contributed by atoms with E-state index < -0.39 is 103 Å². The molecule has 0 aromatic heterocycles. The van der Waals surface area contributed by atoms with Gasteiger partial charge in [-0.3, -0.25) is 19.2 Å². The molecule has 3 fully saturated rings. The predicted octanol–water partition coefficient (Wildman–Crippen LogP) is 3.74. The Labute approximate surface area is 403 Å². The summed E-state index contributed by atoms with van der Waals surface area (Å²) < 4.78 is 49.7. The summed E-state index contributed by atoms with van der Waals surface area (Å²) in [6.45, 7) is 13.7. The number of aliphatic hydroxyl groups is 2. The molecule has 5 unspecified atom stereocenters. The van der Waals surface area contributed by atoms with Crippen molar-refractivity contribution >= 4 is 30.1 Å². The van der Waals surface area contributed by atoms with Gasteiger partial charge in [-0.2, -0.15) is 0 Å². The molecule has 386 valence electrons. The van der Waals surface area contributed by atoms with Crippen molar-refractivity contribution in [2.24, 2.45) is 11.8 Å². The Morgan fingerprint density at radius 1 is 0.956 bits per heavy atom. The minimum absolute atomic E-state index is 0.00948. The third-order valence-electron chi connectivity index (χ3n) is 13.4. The number of hydrogen-bond donors (Lipinski definition) is 3. The summed E-state index contributed by atoms with van der Waals surface area (Å²) in [7, 11) is 4.93. The summed E-state index contributed by atoms with van der Waals surface area (Å²) in [5.74, 6) is -3.05. The van der Waals surface area contributed by atoms with Crippen molar-refractivity contribution < 1.29 is 72.1 Å². The number of benzene rings is 1. The van der Waals surface area contributed by atoms with Crippen LogP contribution in [0, 0.1) is 11.8 Å². The molecule has 0 spiro atoms. The summed E-state index contributed by atoms with van der Waals surface area (Å²) in [6, 6.07) is 9.50. The number of hydrogen-bond acceptors (Lipinski definition) is 17. The van der Waals surface area contributed by atoms with E-state index in [0.29, 0.717) is 26.1 Å². The smallest absolute Gasteiger partial charge is 0.306 e. The lowest BCUT2D eigenvalue weighted by atomic mass is 9.82. The van der Waals surface area contributed by atoms with Crippen LogP contribution in [0.25, 0.3) is 0 Å². The molecule has 15 atom stereocenters. The minimum Gasteiger partial charge on any atom is -0.459 e. The van der Waals surface area contributed by atoms with Gasteiger partial charge < -0.3 is 68.0 Å². The molecule has 3 saturated heterocycles. The molecule has 3 aliphatic heterocycles. The number of esters is 3. The summed E-state index contributed by atoms with van der Waals surface area (Å²) >= 11 is 0. The van der Waals surface area contributed by atoms with Crippen molar-refractivity contribution in [1.29, 1.82) is 0 Å². The molecule has 68 heavy (non-hydrogen) atoms. The maximum absolute atomic E-state index is 13.7. The van der Waals surface area contributed by atoms with Crippen LogP contribution in [-0.4, -0.2) is 177 Å². The molecule has 4 rings (SSSR count). The topological polar surface area (TPSA) is 218 Å². The monoisotopic (exact) mass is 964 g/mol. The first-order valence-electron chi connectivity index (χ1n) is 24.6. The average molecular weight is 964 g/mol. The quantitative estimate of drug-likeness (QED) is 0.0827. The van der Waals surface area contributed by atoms with Crippen LogP contribution in [0.3, 0.4) is 0 Å². The number of unbranched alkanes of at least 4 members (excludes halogenated alkanes) is 1. The summed E-state index contributed by atoms with van der Waals surface area (Å²) in [6.07, 6.45) is -7.06. The number of aldehydes is 1. The number of nitrogens with one attached hydrogen (secondary N) is 1. The van der Waals surface area contributed by atoms with Gasteiger partial charge in [-0.05, 0) is 97.5 Å². The fourth-order valence-corrected chi connectivity index (χ4v) is 9.88. The van der Waals surface area contributed by atoms with Gasteiger partial charge in [0.2, 0.25) is 5.91 Å². The van der Waals surface area contributed by atoms with Crippen LogP contribution < -0.4 is 5.32 Å². The van der Waals surface area contributed by atoms with E-state index in [1.807, 2.05) is 25.1 Å². The molecular weight excluding hydrogens is 883 g/mol. The highest BCUT2D eigenvalue weighted by Gasteiger charge is 2.54. The normalized spacial score (nSPS) is 34.8. The number of nitrogens with zero attached hydrogens (tertiary/aromatic N) is 2. The maximum Gasteiger partial charge on any atom is 0.306 e. The van der Waals surface area contributed by atoms with E-state index in [4.69, 9.17) is 37.9 Å². The van der Waals surface area contributed by atoms with Gasteiger partial charge in [-0.1, -0.05) is 51.1 Å². The second-order valence-electron chi connectivity index (χ2n) is 19.2. The molecule has 0 saturated carbocycles. The highest BCUT2D eigenvalue weighted by molar-refractivity contribution is 5.77. The second-order valence-corrected chi connectivity index (χ2v) is 19.2. The number of carbonyl (C=O) groups is 5. The standard InChI is InChI=1S/C50H81N3O15/c1-11-40(58)64-38-28-39(57)51-23-18-25-53(24-17-16-21-35-19-14-13-15-20-35)30-37(56)31(3)27-36(22-26-54)46(47(38)61-10)67-49-44(60)43(52(8)9)45(32(4)63-49)66-42-29-50(7,68-34(6)55)48(33(5)62-42)65-41(59)12-2/h13-15,19-20,26,31-33,36-38,42-49,56,60H,11-12,16-18,21-25,27-30H2,1-10H3,(H,51,57)/t31-,32?,33?,36+,37+,38-,42+,43?,44?,45-,46+,47+,48+,49+,50?/m1/s1. The highest BCUT2D eigenvalue weighted by Crippen LogP contribution is 2.39. The molecule has 3 aliphatic rings. The Hall–Kier alpha value is -3.59. The Morgan fingerprint density at radius 2 is 1.65 bits per heavy atom. The van der Waals surface area contributed by atoms with Gasteiger partial charge in [0.05, 0.1) is 36.9 Å². The highest BCUT2D eigenvalue weighted by atomic mass is 16.7. The molecule has 0 bridgehead atoms. The first-order chi connectivity index (χ1) is 32.3. The summed E-state index contributed by atoms with van der Waals surface area (Å²) in [5.41, 5.74) is -0.0490. The summed E-state index contributed by atoms with van der Waals surface area (Å²) in [5, 5.41) is 27.1. The van der Waals surface area contributed by atoms with E-state index in [0.717, 1.165) is 32.1 Å². The number of β-amino-alcohol motifs (C(OH)–C–C–N with tert-alkyl or cyclic N) is 1. The van der Waals surface area contributed by atoms with Crippen LogP contribution in [0.15, 0.2) is 30.3 Å². The fraction of sp³-hybridized carbons (Fsp3) is 0.780. The van der Waals surface area contributed by atoms with E-state index >= 15 is 0 Å². The van der Waals surface area contributed by atoms with Crippen molar-refractivity contribution in [1.82, 2.24) is 15.1 Å². The van der Waals surface area contributed by atoms with Gasteiger partial charge in [0, 0.05) is 52.8 Å². The van der Waals surface area contributed by atoms with Gasteiger partial charge in [-0.25, -0.2) is 0 Å². The molecule has 1 aromatic rings. The van der Waals surface area contributed by atoms with Gasteiger partial charge in [0.25, 0.3) is 0 Å². The predicted molar refractivity (Wildman–Crippen MR) is 250 cm³/mol. The average Bonchev–Trinajstić information content (AvgIpc) is 3.28. The Kier molecular flexibility index (Phi) is 23.2. The number of amides is 1. The number of carbonyl (C=O) groups excluding carboxylic acids is 5. The van der Waals surface area contributed by atoms with Crippen molar-refractivity contribution in [2.75, 3.05) is 47.4 Å². The SMILES string of the molecule is CCC(=O)O[C@@H]1CC(=O)NCCCN(CCCCc2ccccc2)C[C@H](O)[C@H](C)C[C@H](CC=O)[C@H](O[C@@H]2OC(C)[C@@H](O[C@H]3CC(C)(OC(C)=O)[C@@H](OC(=O)CC)C(C)O3)C(N(C)C)C2O)[C@H]1OC. The molecule has 0 radical (unpaired) electrons. The van der Waals surface area contributed by atoms with Crippen LogP contribution in [0.2, 0.25) is 0 Å². The van der Waals surface area contributed by atoms with Gasteiger partial charge >= 0.3 is 17.9 Å². The first kappa shape index (κ1) is 57.0.